The van der Waals surface area contributed by atoms with Crippen LogP contribution in [0.3, 0.4) is 0 Å². The molecule has 31 heavy (non-hydrogen) atoms. The Morgan fingerprint density at radius 2 is 1.77 bits per heavy atom. The predicted octanol–water partition coefficient (Wildman–Crippen LogP) is 3.03. The van der Waals surface area contributed by atoms with Crippen LogP contribution < -0.4 is 10.6 Å². The number of carbonyl (C=O) groups excluding carboxylic acids is 2. The minimum Gasteiger partial charge on any atom is -0.352 e. The Morgan fingerprint density at radius 3 is 2.45 bits per heavy atom. The number of rotatable bonds is 7. The molecule has 0 radical (unpaired) electrons. The van der Waals surface area contributed by atoms with E-state index in [1.54, 1.807) is 49.6 Å². The third-order valence-electron chi connectivity index (χ3n) is 4.50. The summed E-state index contributed by atoms with van der Waals surface area (Å²) in [6.07, 6.45) is -0.806. The molecule has 162 valence electrons. The molecule has 2 heterocycles. The van der Waals surface area contributed by atoms with E-state index in [4.69, 9.17) is 0 Å². The number of benzene rings is 1. The van der Waals surface area contributed by atoms with Gasteiger partial charge in [-0.05, 0) is 36.2 Å². The van der Waals surface area contributed by atoms with Crippen LogP contribution >= 0.6 is 0 Å². The van der Waals surface area contributed by atoms with E-state index in [1.165, 1.54) is 6.07 Å². The molecule has 10 heteroatoms. The van der Waals surface area contributed by atoms with Gasteiger partial charge in [0.25, 0.3) is 5.91 Å². The minimum absolute atomic E-state index is 0.0793. The number of alkyl halides is 3. The molecular weight excluding hydrogens is 411 g/mol. The summed E-state index contributed by atoms with van der Waals surface area (Å²) in [4.78, 5) is 28.2. The highest BCUT2D eigenvalue weighted by Crippen LogP contribution is 2.34. The zero-order valence-corrected chi connectivity index (χ0v) is 16.6. The fraction of sp³-hybridized carbons (Fsp3) is 0.238. The fourth-order valence-corrected chi connectivity index (χ4v) is 2.95. The maximum Gasteiger partial charge on any atom is 0.434 e. The van der Waals surface area contributed by atoms with Gasteiger partial charge in [-0.1, -0.05) is 18.2 Å². The topological polar surface area (TPSA) is 88.9 Å². The van der Waals surface area contributed by atoms with Gasteiger partial charge in [-0.15, -0.1) is 0 Å². The molecule has 0 saturated heterocycles. The number of aryl methyl sites for hydroxylation is 1. The van der Waals surface area contributed by atoms with E-state index in [1.807, 2.05) is 0 Å². The summed E-state index contributed by atoms with van der Waals surface area (Å²) in [5, 5.41) is 8.81. The summed E-state index contributed by atoms with van der Waals surface area (Å²) in [7, 11) is 0. The molecule has 0 saturated carbocycles. The number of nitrogens with one attached hydrogen (secondary N) is 2. The maximum atomic E-state index is 13.7. The first-order chi connectivity index (χ1) is 14.8. The molecular formula is C21H20F3N5O2. The first-order valence-corrected chi connectivity index (χ1v) is 9.42. The average molecular weight is 431 g/mol. The number of amides is 2. The minimum atomic E-state index is -4.80. The lowest BCUT2D eigenvalue weighted by Gasteiger charge is -2.14. The van der Waals surface area contributed by atoms with Crippen LogP contribution in [0.25, 0.3) is 5.69 Å². The molecule has 0 unspecified atom stereocenters. The van der Waals surface area contributed by atoms with Gasteiger partial charge in [0.15, 0.2) is 5.69 Å². The largest absolute Gasteiger partial charge is 0.434 e. The van der Waals surface area contributed by atoms with Crippen molar-refractivity contribution in [2.45, 2.75) is 26.1 Å². The highest BCUT2D eigenvalue weighted by atomic mass is 19.4. The van der Waals surface area contributed by atoms with Crippen LogP contribution in [-0.4, -0.2) is 33.1 Å². The van der Waals surface area contributed by atoms with Crippen molar-refractivity contribution in [2.24, 2.45) is 0 Å². The van der Waals surface area contributed by atoms with Crippen molar-refractivity contribution in [1.29, 1.82) is 0 Å². The Labute approximate surface area is 176 Å². The van der Waals surface area contributed by atoms with Gasteiger partial charge in [0.05, 0.1) is 17.4 Å². The van der Waals surface area contributed by atoms with Gasteiger partial charge in [-0.2, -0.15) is 18.3 Å². The molecule has 0 spiro atoms. The highest BCUT2D eigenvalue weighted by molar-refractivity contribution is 5.95. The third-order valence-corrected chi connectivity index (χ3v) is 4.50. The first kappa shape index (κ1) is 22.0. The first-order valence-electron chi connectivity index (χ1n) is 9.42. The molecule has 0 aliphatic rings. The van der Waals surface area contributed by atoms with Crippen LogP contribution in [0.4, 0.5) is 13.2 Å². The van der Waals surface area contributed by atoms with Crippen LogP contribution in [0.15, 0.2) is 55.0 Å². The Hall–Kier alpha value is -3.69. The zero-order valence-electron chi connectivity index (χ0n) is 16.6. The van der Waals surface area contributed by atoms with E-state index in [0.29, 0.717) is 10.2 Å². The third kappa shape index (κ3) is 5.47. The van der Waals surface area contributed by atoms with Gasteiger partial charge in [0.1, 0.15) is 0 Å². The molecule has 3 rings (SSSR count). The standard InChI is InChI=1S/C21H20F3N5O2/c1-14-4-2-3-5-17(14)29-19(21(22,23)24)16(13-28-29)20(31)26-11-8-18(30)27-12-15-6-9-25-10-7-15/h2-7,9-10,13H,8,11-12H2,1H3,(H,26,31)(H,27,30). The molecule has 0 aliphatic heterocycles. The van der Waals surface area contributed by atoms with Crippen LogP contribution in [0.2, 0.25) is 0 Å². The summed E-state index contributed by atoms with van der Waals surface area (Å²) in [5.41, 5.74) is -0.112. The van der Waals surface area contributed by atoms with Gasteiger partial charge in [-0.3, -0.25) is 14.6 Å². The van der Waals surface area contributed by atoms with Crippen molar-refractivity contribution < 1.29 is 22.8 Å². The lowest BCUT2D eigenvalue weighted by Crippen LogP contribution is -2.31. The molecule has 2 aromatic heterocycles. The maximum absolute atomic E-state index is 13.7. The lowest BCUT2D eigenvalue weighted by molar-refractivity contribution is -0.143. The number of para-hydroxylation sites is 1. The van der Waals surface area contributed by atoms with Gasteiger partial charge >= 0.3 is 6.18 Å². The SMILES string of the molecule is Cc1ccccc1-n1ncc(C(=O)NCCC(=O)NCc2ccncc2)c1C(F)(F)F. The Balaban J connectivity index is 1.65. The van der Waals surface area contributed by atoms with Crippen molar-refractivity contribution in [2.75, 3.05) is 6.54 Å². The molecule has 7 nitrogen and oxygen atoms in total. The number of carbonyl (C=O) groups is 2. The fourth-order valence-electron chi connectivity index (χ4n) is 2.95. The van der Waals surface area contributed by atoms with Crippen molar-refractivity contribution in [3.8, 4) is 5.69 Å². The van der Waals surface area contributed by atoms with Crippen LogP contribution in [0.5, 0.6) is 0 Å². The van der Waals surface area contributed by atoms with E-state index in [0.717, 1.165) is 11.8 Å². The predicted molar refractivity (Wildman–Crippen MR) is 106 cm³/mol. The van der Waals surface area contributed by atoms with Gasteiger partial charge in [-0.25, -0.2) is 4.68 Å². The van der Waals surface area contributed by atoms with E-state index in [2.05, 4.69) is 20.7 Å². The van der Waals surface area contributed by atoms with Gasteiger partial charge < -0.3 is 10.6 Å². The molecule has 0 fully saturated rings. The number of pyridine rings is 1. The Kier molecular flexibility index (Phi) is 6.68. The monoisotopic (exact) mass is 431 g/mol. The molecule has 0 atom stereocenters. The molecule has 0 bridgehead atoms. The molecule has 2 amide bonds. The van der Waals surface area contributed by atoms with E-state index in [9.17, 15) is 22.8 Å². The second-order valence-electron chi connectivity index (χ2n) is 6.74. The normalized spacial score (nSPS) is 11.2. The summed E-state index contributed by atoms with van der Waals surface area (Å²) in [5.74, 6) is -1.29. The lowest BCUT2D eigenvalue weighted by atomic mass is 10.1. The van der Waals surface area contributed by atoms with E-state index >= 15 is 0 Å². The van der Waals surface area contributed by atoms with Crippen molar-refractivity contribution in [3.63, 3.8) is 0 Å². The van der Waals surface area contributed by atoms with Gasteiger partial charge in [0.2, 0.25) is 5.91 Å². The van der Waals surface area contributed by atoms with Gasteiger partial charge in [0, 0.05) is 31.9 Å². The van der Waals surface area contributed by atoms with E-state index < -0.39 is 23.3 Å². The van der Waals surface area contributed by atoms with E-state index in [-0.39, 0.29) is 31.1 Å². The average Bonchev–Trinajstić information content (AvgIpc) is 3.19. The van der Waals surface area contributed by atoms with Crippen molar-refractivity contribution in [3.05, 3.63) is 77.4 Å². The number of halogens is 3. The zero-order chi connectivity index (χ0) is 22.4. The number of hydrogen-bond donors (Lipinski definition) is 2. The quantitative estimate of drug-likeness (QED) is 0.602. The number of aromatic nitrogens is 3. The molecule has 2 N–H and O–H groups in total. The smallest absolute Gasteiger partial charge is 0.352 e. The molecule has 1 aromatic carbocycles. The highest BCUT2D eigenvalue weighted by Gasteiger charge is 2.40. The molecule has 0 aliphatic carbocycles. The Bertz CT molecular complexity index is 1060. The number of nitrogens with zero attached hydrogens (tertiary/aromatic N) is 3. The second kappa shape index (κ2) is 9.41. The van der Waals surface area contributed by atoms with Crippen molar-refractivity contribution in [1.82, 2.24) is 25.4 Å². The van der Waals surface area contributed by atoms with Crippen molar-refractivity contribution >= 4 is 11.8 Å². The Morgan fingerprint density at radius 1 is 1.06 bits per heavy atom. The second-order valence-corrected chi connectivity index (χ2v) is 6.74. The summed E-state index contributed by atoms with van der Waals surface area (Å²) in [6, 6.07) is 9.92. The summed E-state index contributed by atoms with van der Waals surface area (Å²) < 4.78 is 41.9. The van der Waals surface area contributed by atoms with Crippen LogP contribution in [0, 0.1) is 6.92 Å². The van der Waals surface area contributed by atoms with Crippen LogP contribution in [-0.2, 0) is 17.5 Å². The van der Waals surface area contributed by atoms with Crippen LogP contribution in [0.1, 0.15) is 33.6 Å². The molecule has 3 aromatic rings. The summed E-state index contributed by atoms with van der Waals surface area (Å²) in [6.45, 7) is 1.83. The number of hydrogen-bond acceptors (Lipinski definition) is 4. The summed E-state index contributed by atoms with van der Waals surface area (Å²) >= 11 is 0.